The van der Waals surface area contributed by atoms with E-state index in [1.807, 2.05) is 6.07 Å². The molecule has 0 aliphatic heterocycles. The number of aromatic nitrogens is 3. The minimum Gasteiger partial charge on any atom is -0.438 e. The van der Waals surface area contributed by atoms with E-state index in [2.05, 4.69) is 20.1 Å². The third kappa shape index (κ3) is 5.94. The van der Waals surface area contributed by atoms with Gasteiger partial charge in [-0.25, -0.2) is 17.8 Å². The number of pyridine rings is 1. The van der Waals surface area contributed by atoms with Crippen LogP contribution < -0.4 is 14.8 Å². The first-order valence-corrected chi connectivity index (χ1v) is 11.8. The number of ether oxygens (including phenoxy) is 1. The molecule has 0 radical (unpaired) electrons. The number of benzene rings is 1. The molecular formula is C21H24N6O6S. The first-order chi connectivity index (χ1) is 16.1. The van der Waals surface area contributed by atoms with Crippen LogP contribution in [0.15, 0.2) is 53.7 Å². The van der Waals surface area contributed by atoms with Gasteiger partial charge >= 0.3 is 0 Å². The smallest absolute Gasteiger partial charge is 0.272 e. The Labute approximate surface area is 196 Å². The number of hydrogen-bond acceptors (Lipinski definition) is 8. The zero-order valence-corrected chi connectivity index (χ0v) is 19.6. The number of carbonyl (C=O) groups is 1. The first-order valence-electron chi connectivity index (χ1n) is 10.3. The standard InChI is InChI=1S/C21H24N6O6S/c1-4-14(2)25-34(31,32)19-10-16(27(29)30)7-8-18(19)33-20-11-17(24-26(20)3)21(28)23-13-15-6-5-9-22-12-15/h5-12,14,25H,4,13H2,1-3H3,(H,23,28). The molecule has 180 valence electrons. The van der Waals surface area contributed by atoms with E-state index >= 15 is 0 Å². The third-order valence-corrected chi connectivity index (χ3v) is 6.47. The molecule has 0 aliphatic rings. The summed E-state index contributed by atoms with van der Waals surface area (Å²) in [5.74, 6) is -0.545. The van der Waals surface area contributed by atoms with Crippen LogP contribution in [0.5, 0.6) is 11.6 Å². The zero-order valence-electron chi connectivity index (χ0n) is 18.8. The molecule has 2 N–H and O–H groups in total. The molecule has 1 aromatic carbocycles. The minimum atomic E-state index is -4.13. The Morgan fingerprint density at radius 2 is 2.06 bits per heavy atom. The van der Waals surface area contributed by atoms with Crippen LogP contribution in [0.1, 0.15) is 36.3 Å². The lowest BCUT2D eigenvalue weighted by Gasteiger charge is -2.15. The highest BCUT2D eigenvalue weighted by Crippen LogP contribution is 2.32. The Hall–Kier alpha value is -3.84. The summed E-state index contributed by atoms with van der Waals surface area (Å²) in [5.41, 5.74) is 0.445. The lowest BCUT2D eigenvalue weighted by molar-refractivity contribution is -0.385. The molecule has 2 heterocycles. The van der Waals surface area contributed by atoms with Crippen molar-refractivity contribution in [3.8, 4) is 11.6 Å². The number of carbonyl (C=O) groups excluding carboxylic acids is 1. The molecule has 0 bridgehead atoms. The molecule has 3 aromatic rings. The summed E-state index contributed by atoms with van der Waals surface area (Å²) < 4.78 is 35.3. The number of rotatable bonds is 10. The Bertz CT molecular complexity index is 1290. The van der Waals surface area contributed by atoms with Crippen LogP contribution in [-0.4, -0.2) is 40.1 Å². The number of amides is 1. The van der Waals surface area contributed by atoms with E-state index in [9.17, 15) is 23.3 Å². The molecule has 3 rings (SSSR count). The van der Waals surface area contributed by atoms with Crippen molar-refractivity contribution in [1.29, 1.82) is 0 Å². The molecule has 0 spiro atoms. The fraction of sp³-hybridized carbons (Fsp3) is 0.286. The molecule has 34 heavy (non-hydrogen) atoms. The van der Waals surface area contributed by atoms with E-state index < -0.39 is 37.5 Å². The van der Waals surface area contributed by atoms with Crippen molar-refractivity contribution < 1.29 is 22.9 Å². The summed E-state index contributed by atoms with van der Waals surface area (Å²) >= 11 is 0. The Balaban J connectivity index is 1.87. The van der Waals surface area contributed by atoms with Gasteiger partial charge in [-0.1, -0.05) is 13.0 Å². The molecule has 0 fully saturated rings. The van der Waals surface area contributed by atoms with Gasteiger partial charge in [0.25, 0.3) is 11.6 Å². The number of nitro benzene ring substituents is 1. The van der Waals surface area contributed by atoms with Crippen molar-refractivity contribution in [1.82, 2.24) is 24.8 Å². The van der Waals surface area contributed by atoms with E-state index in [1.165, 1.54) is 23.9 Å². The fourth-order valence-corrected chi connectivity index (χ4v) is 4.33. The molecule has 0 saturated heterocycles. The zero-order chi connectivity index (χ0) is 24.9. The topological polar surface area (TPSA) is 158 Å². The average Bonchev–Trinajstić information content (AvgIpc) is 3.18. The van der Waals surface area contributed by atoms with Crippen molar-refractivity contribution in [2.75, 3.05) is 0 Å². The van der Waals surface area contributed by atoms with E-state index in [0.29, 0.717) is 6.42 Å². The quantitative estimate of drug-likeness (QED) is 0.325. The maximum Gasteiger partial charge on any atom is 0.272 e. The van der Waals surface area contributed by atoms with Crippen molar-refractivity contribution >= 4 is 21.6 Å². The van der Waals surface area contributed by atoms with E-state index in [0.717, 1.165) is 17.7 Å². The van der Waals surface area contributed by atoms with Gasteiger partial charge in [0.15, 0.2) is 5.69 Å². The molecule has 13 heteroatoms. The maximum absolute atomic E-state index is 12.9. The second kappa shape index (κ2) is 10.4. The predicted octanol–water partition coefficient (Wildman–Crippen LogP) is 2.52. The molecular weight excluding hydrogens is 464 g/mol. The summed E-state index contributed by atoms with van der Waals surface area (Å²) in [7, 11) is -2.62. The van der Waals surface area contributed by atoms with E-state index in [-0.39, 0.29) is 23.9 Å². The van der Waals surface area contributed by atoms with Crippen molar-refractivity contribution in [3.63, 3.8) is 0 Å². The minimum absolute atomic E-state index is 0.0467. The van der Waals surface area contributed by atoms with Gasteiger partial charge < -0.3 is 10.1 Å². The summed E-state index contributed by atoms with van der Waals surface area (Å²) in [6.45, 7) is 3.72. The van der Waals surface area contributed by atoms with Gasteiger partial charge in [-0.2, -0.15) is 5.10 Å². The highest BCUT2D eigenvalue weighted by Gasteiger charge is 2.26. The molecule has 1 amide bonds. The van der Waals surface area contributed by atoms with Crippen molar-refractivity contribution in [3.05, 3.63) is 70.2 Å². The number of aryl methyl sites for hydroxylation is 1. The molecule has 1 unspecified atom stereocenters. The van der Waals surface area contributed by atoms with Crippen LogP contribution in [0.25, 0.3) is 0 Å². The second-order valence-corrected chi connectivity index (χ2v) is 9.14. The number of nitrogens with zero attached hydrogens (tertiary/aromatic N) is 4. The number of nitro groups is 1. The van der Waals surface area contributed by atoms with Gasteiger partial charge in [-0.3, -0.25) is 19.9 Å². The summed E-state index contributed by atoms with van der Waals surface area (Å²) in [6.07, 6.45) is 3.76. The number of hydrogen-bond donors (Lipinski definition) is 2. The highest BCUT2D eigenvalue weighted by molar-refractivity contribution is 7.89. The van der Waals surface area contributed by atoms with Crippen LogP contribution in [0.4, 0.5) is 5.69 Å². The number of sulfonamides is 1. The van der Waals surface area contributed by atoms with Crippen LogP contribution in [-0.2, 0) is 23.6 Å². The third-order valence-electron chi connectivity index (χ3n) is 4.86. The van der Waals surface area contributed by atoms with Crippen molar-refractivity contribution in [2.24, 2.45) is 7.05 Å². The van der Waals surface area contributed by atoms with Crippen molar-refractivity contribution in [2.45, 2.75) is 37.8 Å². The predicted molar refractivity (Wildman–Crippen MR) is 122 cm³/mol. The monoisotopic (exact) mass is 488 g/mol. The summed E-state index contributed by atoms with van der Waals surface area (Å²) in [4.78, 5) is 26.6. The molecule has 12 nitrogen and oxygen atoms in total. The summed E-state index contributed by atoms with van der Waals surface area (Å²) in [6, 6.07) is 7.76. The van der Waals surface area contributed by atoms with Gasteiger partial charge in [-0.05, 0) is 31.0 Å². The van der Waals surface area contributed by atoms with Gasteiger partial charge in [0.2, 0.25) is 15.9 Å². The number of nitrogens with one attached hydrogen (secondary N) is 2. The lowest BCUT2D eigenvalue weighted by Crippen LogP contribution is -2.32. The SMILES string of the molecule is CCC(C)NS(=O)(=O)c1cc([N+](=O)[O-])ccc1Oc1cc(C(=O)NCc2cccnc2)nn1C. The molecule has 1 atom stereocenters. The van der Waals surface area contributed by atoms with Crippen LogP contribution >= 0.6 is 0 Å². The van der Waals surface area contributed by atoms with E-state index in [1.54, 1.807) is 32.3 Å². The molecule has 0 aliphatic carbocycles. The van der Waals surface area contributed by atoms with Gasteiger partial charge in [0.1, 0.15) is 10.6 Å². The van der Waals surface area contributed by atoms with Crippen LogP contribution in [0.2, 0.25) is 0 Å². The second-order valence-electron chi connectivity index (χ2n) is 7.46. The number of non-ortho nitro benzene ring substituents is 1. The fourth-order valence-electron chi connectivity index (χ4n) is 2.86. The van der Waals surface area contributed by atoms with Gasteiger partial charge in [0, 0.05) is 50.2 Å². The highest BCUT2D eigenvalue weighted by atomic mass is 32.2. The van der Waals surface area contributed by atoms with E-state index in [4.69, 9.17) is 4.74 Å². The molecule has 0 saturated carbocycles. The van der Waals surface area contributed by atoms with Gasteiger partial charge in [-0.15, -0.1) is 0 Å². The maximum atomic E-state index is 12.9. The normalized spacial score (nSPS) is 12.2. The summed E-state index contributed by atoms with van der Waals surface area (Å²) in [5, 5.41) is 18.0. The van der Waals surface area contributed by atoms with Gasteiger partial charge in [0.05, 0.1) is 4.92 Å². The van der Waals surface area contributed by atoms with Crippen LogP contribution in [0, 0.1) is 10.1 Å². The first kappa shape index (κ1) is 24.8. The largest absolute Gasteiger partial charge is 0.438 e. The Morgan fingerprint density at radius 1 is 1.29 bits per heavy atom. The van der Waals surface area contributed by atoms with Crippen LogP contribution in [0.3, 0.4) is 0 Å². The molecule has 2 aromatic heterocycles. The Morgan fingerprint density at radius 3 is 2.71 bits per heavy atom. The lowest BCUT2D eigenvalue weighted by atomic mass is 10.3. The Kier molecular flexibility index (Phi) is 7.58. The average molecular weight is 489 g/mol.